The van der Waals surface area contributed by atoms with E-state index < -0.39 is 42.5 Å². The highest BCUT2D eigenvalue weighted by Gasteiger charge is 2.53. The van der Waals surface area contributed by atoms with E-state index in [1.807, 2.05) is 6.92 Å². The van der Waals surface area contributed by atoms with Gasteiger partial charge in [0.15, 0.2) is 12.2 Å². The van der Waals surface area contributed by atoms with Gasteiger partial charge in [-0.05, 0) is 0 Å². The van der Waals surface area contributed by atoms with Crippen molar-refractivity contribution in [3.63, 3.8) is 0 Å². The summed E-state index contributed by atoms with van der Waals surface area (Å²) in [5.41, 5.74) is 0. The fraction of sp³-hybridized carbons (Fsp3) is 0.643. The van der Waals surface area contributed by atoms with Crippen LogP contribution < -0.4 is 0 Å². The third-order valence-corrected chi connectivity index (χ3v) is 3.10. The SMILES string of the molecule is CCc1nc(C2OC(OC(C)=O)C(OC(C)=O)C2OC(C)=O)no1. The Kier molecular flexibility index (Phi) is 5.50. The molecule has 1 aliphatic heterocycles. The molecule has 4 atom stereocenters. The molecule has 2 rings (SSSR count). The second-order valence-electron chi connectivity index (χ2n) is 5.08. The Balaban J connectivity index is 2.34. The van der Waals surface area contributed by atoms with E-state index in [0.29, 0.717) is 12.3 Å². The first-order valence-corrected chi connectivity index (χ1v) is 7.31. The summed E-state index contributed by atoms with van der Waals surface area (Å²) in [5, 5.41) is 3.77. The molecule has 0 saturated carbocycles. The molecule has 0 aliphatic carbocycles. The summed E-state index contributed by atoms with van der Waals surface area (Å²) in [4.78, 5) is 38.1. The molecule has 10 heteroatoms. The van der Waals surface area contributed by atoms with Gasteiger partial charge in [-0.3, -0.25) is 14.4 Å². The first-order valence-electron chi connectivity index (χ1n) is 7.31. The first kappa shape index (κ1) is 17.9. The van der Waals surface area contributed by atoms with Gasteiger partial charge in [-0.1, -0.05) is 12.1 Å². The van der Waals surface area contributed by atoms with Crippen LogP contribution in [0, 0.1) is 0 Å². The lowest BCUT2D eigenvalue weighted by Gasteiger charge is -2.22. The number of carbonyl (C=O) groups excluding carboxylic acids is 3. The molecule has 0 aromatic carbocycles. The van der Waals surface area contributed by atoms with Crippen LogP contribution in [0.4, 0.5) is 0 Å². The average molecular weight is 342 g/mol. The van der Waals surface area contributed by atoms with Crippen molar-refractivity contribution in [2.45, 2.75) is 58.7 Å². The molecule has 24 heavy (non-hydrogen) atoms. The molecular formula is C14H18N2O8. The van der Waals surface area contributed by atoms with E-state index in [1.165, 1.54) is 20.8 Å². The molecule has 1 saturated heterocycles. The monoisotopic (exact) mass is 342 g/mol. The number of nitrogens with zero attached hydrogens (tertiary/aromatic N) is 2. The number of rotatable bonds is 5. The molecule has 1 aromatic rings. The zero-order valence-corrected chi connectivity index (χ0v) is 13.7. The van der Waals surface area contributed by atoms with Gasteiger partial charge in [0.05, 0.1) is 0 Å². The minimum Gasteiger partial charge on any atom is -0.455 e. The largest absolute Gasteiger partial charge is 0.455 e. The van der Waals surface area contributed by atoms with Gasteiger partial charge in [-0.15, -0.1) is 0 Å². The van der Waals surface area contributed by atoms with Crippen molar-refractivity contribution in [2.75, 3.05) is 0 Å². The molecule has 132 valence electrons. The summed E-state index contributed by atoms with van der Waals surface area (Å²) in [5.74, 6) is -1.48. The molecule has 0 amide bonds. The second kappa shape index (κ2) is 7.39. The normalized spacial score (nSPS) is 26.0. The standard InChI is InChI=1S/C14H18N2O8/c1-5-9-15-13(16-24-9)11-10(20-6(2)17)12(21-7(3)18)14(23-11)22-8(4)19/h10-12,14H,5H2,1-4H3. The van der Waals surface area contributed by atoms with E-state index in [0.717, 1.165) is 0 Å². The molecule has 10 nitrogen and oxygen atoms in total. The molecule has 1 aliphatic rings. The van der Waals surface area contributed by atoms with Crippen LogP contribution in [-0.2, 0) is 39.8 Å². The number of hydrogen-bond donors (Lipinski definition) is 0. The summed E-state index contributed by atoms with van der Waals surface area (Å²) in [6.07, 6.45) is -4.00. The van der Waals surface area contributed by atoms with Crippen molar-refractivity contribution in [1.82, 2.24) is 10.1 Å². The number of aryl methyl sites for hydroxylation is 1. The maximum atomic E-state index is 11.4. The Bertz CT molecular complexity index is 628. The topological polar surface area (TPSA) is 127 Å². The number of carbonyl (C=O) groups is 3. The molecule has 1 fully saturated rings. The van der Waals surface area contributed by atoms with Crippen LogP contribution in [0.15, 0.2) is 4.52 Å². The van der Waals surface area contributed by atoms with E-state index in [-0.39, 0.29) is 5.82 Å². The Morgan fingerprint density at radius 2 is 1.58 bits per heavy atom. The molecule has 0 spiro atoms. The van der Waals surface area contributed by atoms with Gasteiger partial charge in [0.2, 0.25) is 24.1 Å². The minimum atomic E-state index is -1.26. The predicted molar refractivity (Wildman–Crippen MR) is 74.2 cm³/mol. The van der Waals surface area contributed by atoms with Crippen molar-refractivity contribution in [3.8, 4) is 0 Å². The third kappa shape index (κ3) is 4.07. The van der Waals surface area contributed by atoms with E-state index in [2.05, 4.69) is 10.1 Å². The average Bonchev–Trinajstić information content (AvgIpc) is 3.05. The zero-order chi connectivity index (χ0) is 17.9. The maximum absolute atomic E-state index is 11.4. The Morgan fingerprint density at radius 1 is 1.00 bits per heavy atom. The van der Waals surface area contributed by atoms with Crippen molar-refractivity contribution in [2.24, 2.45) is 0 Å². The summed E-state index contributed by atoms with van der Waals surface area (Å²) >= 11 is 0. The lowest BCUT2D eigenvalue weighted by molar-refractivity contribution is -0.196. The Labute approximate surface area is 137 Å². The number of esters is 3. The summed E-state index contributed by atoms with van der Waals surface area (Å²) in [6.45, 7) is 5.35. The van der Waals surface area contributed by atoms with Crippen LogP contribution >= 0.6 is 0 Å². The van der Waals surface area contributed by atoms with Crippen LogP contribution in [0.3, 0.4) is 0 Å². The van der Waals surface area contributed by atoms with Crippen LogP contribution in [0.25, 0.3) is 0 Å². The molecular weight excluding hydrogens is 324 g/mol. The van der Waals surface area contributed by atoms with Gasteiger partial charge in [0.1, 0.15) is 0 Å². The van der Waals surface area contributed by atoms with Crippen LogP contribution in [0.5, 0.6) is 0 Å². The molecule has 1 aromatic heterocycles. The Morgan fingerprint density at radius 3 is 2.08 bits per heavy atom. The van der Waals surface area contributed by atoms with E-state index in [4.69, 9.17) is 23.5 Å². The molecule has 2 heterocycles. The molecule has 0 radical (unpaired) electrons. The lowest BCUT2D eigenvalue weighted by Crippen LogP contribution is -2.39. The fourth-order valence-corrected chi connectivity index (χ4v) is 2.25. The highest BCUT2D eigenvalue weighted by atomic mass is 16.7. The van der Waals surface area contributed by atoms with Gasteiger partial charge < -0.3 is 23.5 Å². The summed E-state index contributed by atoms with van der Waals surface area (Å²) in [6, 6.07) is 0. The molecule has 0 N–H and O–H groups in total. The first-order chi connectivity index (χ1) is 11.3. The summed E-state index contributed by atoms with van der Waals surface area (Å²) < 4.78 is 25.9. The number of aromatic nitrogens is 2. The smallest absolute Gasteiger partial charge is 0.305 e. The number of hydrogen-bond acceptors (Lipinski definition) is 10. The quantitative estimate of drug-likeness (QED) is 0.549. The fourth-order valence-electron chi connectivity index (χ4n) is 2.25. The lowest BCUT2D eigenvalue weighted by atomic mass is 10.1. The maximum Gasteiger partial charge on any atom is 0.305 e. The highest BCUT2D eigenvalue weighted by Crippen LogP contribution is 2.37. The van der Waals surface area contributed by atoms with Gasteiger partial charge in [0, 0.05) is 27.2 Å². The highest BCUT2D eigenvalue weighted by molar-refractivity contribution is 5.68. The summed E-state index contributed by atoms with van der Waals surface area (Å²) in [7, 11) is 0. The predicted octanol–water partition coefficient (Wildman–Crippen LogP) is 0.456. The van der Waals surface area contributed by atoms with Crippen LogP contribution in [0.2, 0.25) is 0 Å². The van der Waals surface area contributed by atoms with Crippen molar-refractivity contribution in [3.05, 3.63) is 11.7 Å². The van der Waals surface area contributed by atoms with Crippen LogP contribution in [0.1, 0.15) is 45.5 Å². The van der Waals surface area contributed by atoms with Crippen molar-refractivity contribution in [1.29, 1.82) is 0 Å². The molecule has 0 bridgehead atoms. The minimum absolute atomic E-state index is 0.102. The molecule has 4 unspecified atom stereocenters. The number of ether oxygens (including phenoxy) is 4. The van der Waals surface area contributed by atoms with E-state index in [1.54, 1.807) is 0 Å². The van der Waals surface area contributed by atoms with Gasteiger partial charge in [-0.2, -0.15) is 4.98 Å². The second-order valence-corrected chi connectivity index (χ2v) is 5.08. The van der Waals surface area contributed by atoms with Gasteiger partial charge in [0.25, 0.3) is 0 Å². The van der Waals surface area contributed by atoms with Gasteiger partial charge in [-0.25, -0.2) is 0 Å². The van der Waals surface area contributed by atoms with E-state index >= 15 is 0 Å². The van der Waals surface area contributed by atoms with E-state index in [9.17, 15) is 14.4 Å². The Hall–Kier alpha value is -2.49. The van der Waals surface area contributed by atoms with Crippen molar-refractivity contribution < 1.29 is 37.9 Å². The van der Waals surface area contributed by atoms with Crippen molar-refractivity contribution >= 4 is 17.9 Å². The zero-order valence-electron chi connectivity index (χ0n) is 13.7. The van der Waals surface area contributed by atoms with Gasteiger partial charge >= 0.3 is 17.9 Å². The van der Waals surface area contributed by atoms with Crippen LogP contribution in [-0.4, -0.2) is 46.5 Å². The third-order valence-electron chi connectivity index (χ3n) is 3.10.